The third-order valence-corrected chi connectivity index (χ3v) is 2.70. The Morgan fingerprint density at radius 1 is 1.00 bits per heavy atom. The Morgan fingerprint density at radius 3 is 2.76 bits per heavy atom. The minimum absolute atomic E-state index is 0.609. The monoisotopic (exact) mass is 230 g/mol. The highest BCUT2D eigenvalue weighted by Crippen LogP contribution is 2.19. The Hall–Kier alpha value is -1.54. The van der Waals surface area contributed by atoms with Crippen molar-refractivity contribution in [3.63, 3.8) is 0 Å². The van der Waals surface area contributed by atoms with Crippen LogP contribution in [-0.2, 0) is 9.47 Å². The number of ether oxygens (including phenoxy) is 2. The van der Waals surface area contributed by atoms with Gasteiger partial charge in [-0.3, -0.25) is 0 Å². The summed E-state index contributed by atoms with van der Waals surface area (Å²) < 4.78 is 11.2. The molecule has 0 unspecified atom stereocenters. The highest BCUT2D eigenvalue weighted by Gasteiger charge is 2.09. The molecule has 0 aromatic carbocycles. The second kappa shape index (κ2) is 6.26. The van der Waals surface area contributed by atoms with E-state index in [2.05, 4.69) is 18.7 Å². The summed E-state index contributed by atoms with van der Waals surface area (Å²) in [5.41, 5.74) is 2.17. The molecule has 90 valence electrons. The van der Waals surface area contributed by atoms with Crippen LogP contribution in [0, 0.1) is 0 Å². The minimum Gasteiger partial charge on any atom is -0.493 e. The molecule has 0 aliphatic carbocycles. The van der Waals surface area contributed by atoms with E-state index in [-0.39, 0.29) is 0 Å². The summed E-state index contributed by atoms with van der Waals surface area (Å²) in [5, 5.41) is 0. The molecular formula is C15H18O2. The normalized spacial score (nSPS) is 23.4. The van der Waals surface area contributed by atoms with E-state index in [1.807, 2.05) is 24.3 Å². The predicted molar refractivity (Wildman–Crippen MR) is 69.6 cm³/mol. The molecule has 2 heteroatoms. The van der Waals surface area contributed by atoms with E-state index < -0.39 is 0 Å². The van der Waals surface area contributed by atoms with Gasteiger partial charge in [0.2, 0.25) is 0 Å². The Bertz CT molecular complexity index is 397. The third-order valence-electron chi connectivity index (χ3n) is 2.70. The van der Waals surface area contributed by atoms with Crippen molar-refractivity contribution in [1.82, 2.24) is 0 Å². The molecule has 2 aliphatic heterocycles. The van der Waals surface area contributed by atoms with Crippen molar-refractivity contribution in [2.45, 2.75) is 12.8 Å². The van der Waals surface area contributed by atoms with Gasteiger partial charge in [-0.15, -0.1) is 0 Å². The fourth-order valence-corrected chi connectivity index (χ4v) is 1.83. The van der Waals surface area contributed by atoms with E-state index in [0.717, 1.165) is 29.7 Å². The zero-order valence-electron chi connectivity index (χ0n) is 10.0. The van der Waals surface area contributed by atoms with Gasteiger partial charge >= 0.3 is 0 Å². The van der Waals surface area contributed by atoms with Gasteiger partial charge in [0.25, 0.3) is 0 Å². The smallest absolute Gasteiger partial charge is 0.106 e. The first kappa shape index (κ1) is 11.9. The Kier molecular flexibility index (Phi) is 4.39. The van der Waals surface area contributed by atoms with Gasteiger partial charge in [-0.05, 0) is 18.1 Å². The molecule has 0 spiro atoms. The quantitative estimate of drug-likeness (QED) is 0.635. The molecule has 0 aromatic rings. The van der Waals surface area contributed by atoms with Crippen molar-refractivity contribution < 1.29 is 9.47 Å². The number of allylic oxidation sites excluding steroid dienone is 5. The molecule has 0 saturated carbocycles. The van der Waals surface area contributed by atoms with Crippen molar-refractivity contribution >= 4 is 0 Å². The maximum absolute atomic E-state index is 5.65. The molecule has 2 nitrogen and oxygen atoms in total. The molecule has 2 heterocycles. The average molecular weight is 230 g/mol. The second-order valence-electron chi connectivity index (χ2n) is 4.10. The summed E-state index contributed by atoms with van der Waals surface area (Å²) in [5.74, 6) is 1.06. The number of hydrogen-bond donors (Lipinski definition) is 0. The van der Waals surface area contributed by atoms with Gasteiger partial charge in [0.1, 0.15) is 12.4 Å². The van der Waals surface area contributed by atoms with E-state index in [0.29, 0.717) is 19.8 Å². The number of rotatable bonds is 0. The fourth-order valence-electron chi connectivity index (χ4n) is 1.83. The van der Waals surface area contributed by atoms with Crippen LogP contribution in [0.3, 0.4) is 0 Å². The van der Waals surface area contributed by atoms with Crippen molar-refractivity contribution in [3.8, 4) is 0 Å². The summed E-state index contributed by atoms with van der Waals surface area (Å²) in [6.45, 7) is 5.84. The molecule has 0 bridgehead atoms. The molecular weight excluding hydrogens is 212 g/mol. The molecule has 0 fully saturated rings. The first-order valence-electron chi connectivity index (χ1n) is 5.97. The van der Waals surface area contributed by atoms with Crippen LogP contribution in [0.5, 0.6) is 0 Å². The van der Waals surface area contributed by atoms with Crippen LogP contribution in [0.2, 0.25) is 0 Å². The van der Waals surface area contributed by atoms with Crippen LogP contribution in [-0.4, -0.2) is 19.8 Å². The van der Waals surface area contributed by atoms with E-state index in [1.54, 1.807) is 0 Å². The van der Waals surface area contributed by atoms with Crippen LogP contribution in [0.15, 0.2) is 59.9 Å². The zero-order valence-corrected chi connectivity index (χ0v) is 10.0. The van der Waals surface area contributed by atoms with Gasteiger partial charge in [0, 0.05) is 12.0 Å². The highest BCUT2D eigenvalue weighted by molar-refractivity contribution is 5.29. The van der Waals surface area contributed by atoms with Gasteiger partial charge < -0.3 is 9.47 Å². The highest BCUT2D eigenvalue weighted by atomic mass is 16.5. The van der Waals surface area contributed by atoms with E-state index >= 15 is 0 Å². The molecule has 2 aliphatic rings. The summed E-state index contributed by atoms with van der Waals surface area (Å²) in [6.07, 6.45) is 14.2. The zero-order chi connectivity index (χ0) is 11.9. The molecule has 0 aromatic heterocycles. The van der Waals surface area contributed by atoms with Gasteiger partial charge in [-0.2, -0.15) is 0 Å². The Labute approximate surface area is 103 Å². The Balaban J connectivity index is 2.09. The lowest BCUT2D eigenvalue weighted by atomic mass is 10.1. The van der Waals surface area contributed by atoms with Crippen LogP contribution < -0.4 is 0 Å². The first-order valence-corrected chi connectivity index (χ1v) is 5.97. The van der Waals surface area contributed by atoms with Crippen molar-refractivity contribution in [2.24, 2.45) is 0 Å². The maximum Gasteiger partial charge on any atom is 0.106 e. The number of hydrogen-bond acceptors (Lipinski definition) is 2. The SMILES string of the molecule is C=C1C=CCOCC2=C(CC/C=C\1)OCC=C2. The Morgan fingerprint density at radius 2 is 1.82 bits per heavy atom. The van der Waals surface area contributed by atoms with E-state index in [9.17, 15) is 0 Å². The van der Waals surface area contributed by atoms with Crippen LogP contribution in [0.4, 0.5) is 0 Å². The lowest BCUT2D eigenvalue weighted by Gasteiger charge is -2.17. The predicted octanol–water partition coefficient (Wildman–Crippen LogP) is 3.31. The fraction of sp³-hybridized carbons (Fsp3) is 0.333. The van der Waals surface area contributed by atoms with E-state index in [1.165, 1.54) is 0 Å². The lowest BCUT2D eigenvalue weighted by molar-refractivity contribution is 0.172. The minimum atomic E-state index is 0.609. The van der Waals surface area contributed by atoms with Crippen LogP contribution in [0.25, 0.3) is 0 Å². The van der Waals surface area contributed by atoms with Gasteiger partial charge in [0.05, 0.1) is 13.2 Å². The summed E-state index contributed by atoms with van der Waals surface area (Å²) >= 11 is 0. The molecule has 17 heavy (non-hydrogen) atoms. The van der Waals surface area contributed by atoms with Crippen LogP contribution in [0.1, 0.15) is 12.8 Å². The summed E-state index contributed by atoms with van der Waals surface area (Å²) in [6, 6.07) is 0. The maximum atomic E-state index is 5.65. The molecule has 2 rings (SSSR count). The molecule has 0 N–H and O–H groups in total. The molecule has 0 atom stereocenters. The van der Waals surface area contributed by atoms with Gasteiger partial charge in [-0.1, -0.05) is 37.0 Å². The van der Waals surface area contributed by atoms with Gasteiger partial charge in [-0.25, -0.2) is 0 Å². The summed E-state index contributed by atoms with van der Waals surface area (Å²) in [7, 11) is 0. The summed E-state index contributed by atoms with van der Waals surface area (Å²) in [4.78, 5) is 0. The van der Waals surface area contributed by atoms with Crippen LogP contribution >= 0.6 is 0 Å². The average Bonchev–Trinajstić information content (AvgIpc) is 2.34. The largest absolute Gasteiger partial charge is 0.493 e. The molecule has 0 radical (unpaired) electrons. The van der Waals surface area contributed by atoms with Crippen molar-refractivity contribution in [3.05, 3.63) is 59.9 Å². The molecule has 0 saturated heterocycles. The van der Waals surface area contributed by atoms with E-state index in [4.69, 9.17) is 9.47 Å². The standard InChI is InChI=1S/C15H18O2/c1-13-6-2-3-9-15-14(8-5-11-17-15)12-16-10-4-7-13/h2,4-8H,1,3,9-12H2/b6-2-,7-4?. The second-order valence-corrected chi connectivity index (χ2v) is 4.10. The first-order chi connectivity index (χ1) is 8.36. The van der Waals surface area contributed by atoms with Crippen molar-refractivity contribution in [1.29, 1.82) is 0 Å². The van der Waals surface area contributed by atoms with Crippen molar-refractivity contribution in [2.75, 3.05) is 19.8 Å². The van der Waals surface area contributed by atoms with Gasteiger partial charge in [0.15, 0.2) is 0 Å². The lowest BCUT2D eigenvalue weighted by Crippen LogP contribution is -2.07. The molecule has 0 amide bonds. The topological polar surface area (TPSA) is 18.5 Å². The third kappa shape index (κ3) is 3.75.